The first-order valence-electron chi connectivity index (χ1n) is 9.41. The van der Waals surface area contributed by atoms with Gasteiger partial charge in [0, 0.05) is 12.1 Å². The van der Waals surface area contributed by atoms with Crippen LogP contribution in [-0.2, 0) is 14.3 Å². The summed E-state index contributed by atoms with van der Waals surface area (Å²) in [7, 11) is 0. The van der Waals surface area contributed by atoms with Crippen LogP contribution in [0.2, 0.25) is 0 Å². The Morgan fingerprint density at radius 3 is 2.29 bits per heavy atom. The Labute approximate surface area is 165 Å². The Morgan fingerprint density at radius 1 is 1.00 bits per heavy atom. The normalized spacial score (nSPS) is 11.4. The highest BCUT2D eigenvalue weighted by Crippen LogP contribution is 2.26. The minimum absolute atomic E-state index is 0.166. The molecule has 0 bridgehead atoms. The van der Waals surface area contributed by atoms with E-state index in [1.54, 1.807) is 19.1 Å². The number of ether oxygens (including phenoxy) is 3. The highest BCUT2D eigenvalue weighted by atomic mass is 16.5. The summed E-state index contributed by atoms with van der Waals surface area (Å²) in [5, 5.41) is 2.73. The smallest absolute Gasteiger partial charge is 0.306 e. The molecule has 0 radical (unpaired) electrons. The van der Waals surface area contributed by atoms with Gasteiger partial charge in [-0.2, -0.15) is 0 Å². The number of anilines is 1. The second-order valence-corrected chi connectivity index (χ2v) is 6.32. The van der Waals surface area contributed by atoms with Gasteiger partial charge in [-0.15, -0.1) is 0 Å². The molecule has 0 heterocycles. The number of rotatable bonds is 10. The number of para-hydroxylation sites is 2. The molecule has 2 rings (SSSR count). The van der Waals surface area contributed by atoms with Crippen molar-refractivity contribution >= 4 is 17.6 Å². The van der Waals surface area contributed by atoms with E-state index in [2.05, 4.69) is 5.32 Å². The number of carbonyl (C=O) groups excluding carboxylic acids is 2. The van der Waals surface area contributed by atoms with Crippen LogP contribution in [0.5, 0.6) is 11.5 Å². The fourth-order valence-electron chi connectivity index (χ4n) is 2.43. The molecule has 1 amide bonds. The van der Waals surface area contributed by atoms with Crippen molar-refractivity contribution in [2.75, 3.05) is 18.5 Å². The van der Waals surface area contributed by atoms with Gasteiger partial charge in [0.1, 0.15) is 0 Å². The summed E-state index contributed by atoms with van der Waals surface area (Å²) < 4.78 is 16.3. The molecule has 28 heavy (non-hydrogen) atoms. The predicted octanol–water partition coefficient (Wildman–Crippen LogP) is 4.12. The van der Waals surface area contributed by atoms with Gasteiger partial charge in [-0.1, -0.05) is 29.8 Å². The lowest BCUT2D eigenvalue weighted by Crippen LogP contribution is -2.30. The van der Waals surface area contributed by atoms with Gasteiger partial charge in [-0.25, -0.2) is 0 Å². The molecule has 0 saturated carbocycles. The van der Waals surface area contributed by atoms with Crippen molar-refractivity contribution < 1.29 is 23.8 Å². The third kappa shape index (κ3) is 6.95. The standard InChI is InChI=1S/C22H27NO5/c1-4-26-19-8-5-6-9-20(19)27-15-7-10-21(24)28-17(3)22(25)23-18-13-11-16(2)12-14-18/h5-6,8-9,11-14,17H,4,7,10,15H2,1-3H3,(H,23,25)/t17-/m1/s1. The fourth-order valence-corrected chi connectivity index (χ4v) is 2.43. The molecule has 0 saturated heterocycles. The molecule has 0 spiro atoms. The monoisotopic (exact) mass is 385 g/mol. The van der Waals surface area contributed by atoms with Gasteiger partial charge < -0.3 is 19.5 Å². The zero-order chi connectivity index (χ0) is 20.4. The summed E-state index contributed by atoms with van der Waals surface area (Å²) >= 11 is 0. The third-order valence-electron chi connectivity index (χ3n) is 3.93. The summed E-state index contributed by atoms with van der Waals surface area (Å²) in [5.74, 6) is 0.518. The van der Waals surface area contributed by atoms with Crippen LogP contribution in [-0.4, -0.2) is 31.2 Å². The molecule has 0 aliphatic carbocycles. The topological polar surface area (TPSA) is 73.9 Å². The van der Waals surface area contributed by atoms with E-state index in [1.807, 2.05) is 50.2 Å². The summed E-state index contributed by atoms with van der Waals surface area (Å²) in [6, 6.07) is 14.8. The molecule has 0 fully saturated rings. The highest BCUT2D eigenvalue weighted by molar-refractivity contribution is 5.95. The average molecular weight is 385 g/mol. The Balaban J connectivity index is 1.70. The molecule has 0 aliphatic rings. The van der Waals surface area contributed by atoms with E-state index in [4.69, 9.17) is 14.2 Å². The molecule has 0 unspecified atom stereocenters. The second-order valence-electron chi connectivity index (χ2n) is 6.32. The Kier molecular flexibility index (Phi) is 8.34. The van der Waals surface area contributed by atoms with Crippen molar-refractivity contribution in [1.82, 2.24) is 0 Å². The van der Waals surface area contributed by atoms with E-state index in [9.17, 15) is 9.59 Å². The number of nitrogens with one attached hydrogen (secondary N) is 1. The molecule has 1 N–H and O–H groups in total. The minimum atomic E-state index is -0.867. The molecule has 150 valence electrons. The first-order valence-corrected chi connectivity index (χ1v) is 9.41. The van der Waals surface area contributed by atoms with Crippen molar-refractivity contribution in [2.24, 2.45) is 0 Å². The zero-order valence-electron chi connectivity index (χ0n) is 16.6. The van der Waals surface area contributed by atoms with Gasteiger partial charge in [0.05, 0.1) is 13.2 Å². The maximum Gasteiger partial charge on any atom is 0.306 e. The summed E-state index contributed by atoms with van der Waals surface area (Å²) in [4.78, 5) is 24.1. The minimum Gasteiger partial charge on any atom is -0.490 e. The molecule has 6 nitrogen and oxygen atoms in total. The molecule has 1 atom stereocenters. The van der Waals surface area contributed by atoms with Crippen LogP contribution < -0.4 is 14.8 Å². The van der Waals surface area contributed by atoms with Crippen LogP contribution in [0, 0.1) is 6.92 Å². The van der Waals surface area contributed by atoms with Crippen molar-refractivity contribution in [2.45, 2.75) is 39.7 Å². The van der Waals surface area contributed by atoms with Crippen molar-refractivity contribution in [3.8, 4) is 11.5 Å². The highest BCUT2D eigenvalue weighted by Gasteiger charge is 2.17. The van der Waals surface area contributed by atoms with Gasteiger partial charge in [0.2, 0.25) is 0 Å². The molecular weight excluding hydrogens is 358 g/mol. The van der Waals surface area contributed by atoms with Gasteiger partial charge >= 0.3 is 5.97 Å². The molecule has 6 heteroatoms. The maximum atomic E-state index is 12.1. The van der Waals surface area contributed by atoms with E-state index in [-0.39, 0.29) is 12.3 Å². The number of benzene rings is 2. The number of amides is 1. The van der Waals surface area contributed by atoms with Gasteiger partial charge in [-0.05, 0) is 51.5 Å². The van der Waals surface area contributed by atoms with Crippen molar-refractivity contribution in [3.63, 3.8) is 0 Å². The van der Waals surface area contributed by atoms with Gasteiger partial charge in [-0.3, -0.25) is 9.59 Å². The van der Waals surface area contributed by atoms with Crippen LogP contribution in [0.25, 0.3) is 0 Å². The van der Waals surface area contributed by atoms with E-state index in [1.165, 1.54) is 0 Å². The molecule has 2 aromatic carbocycles. The summed E-state index contributed by atoms with van der Waals surface area (Å²) in [5.41, 5.74) is 1.77. The number of esters is 1. The number of aryl methyl sites for hydroxylation is 1. The quantitative estimate of drug-likeness (QED) is 0.492. The molecular formula is C22H27NO5. The number of hydrogen-bond donors (Lipinski definition) is 1. The number of carbonyl (C=O) groups is 2. The maximum absolute atomic E-state index is 12.1. The lowest BCUT2D eigenvalue weighted by atomic mass is 10.2. The average Bonchev–Trinajstić information content (AvgIpc) is 2.68. The predicted molar refractivity (Wildman–Crippen MR) is 108 cm³/mol. The number of hydrogen-bond acceptors (Lipinski definition) is 5. The van der Waals surface area contributed by atoms with Crippen LogP contribution in [0.15, 0.2) is 48.5 Å². The third-order valence-corrected chi connectivity index (χ3v) is 3.93. The van der Waals surface area contributed by atoms with Crippen molar-refractivity contribution in [1.29, 1.82) is 0 Å². The molecule has 2 aromatic rings. The van der Waals surface area contributed by atoms with E-state index in [0.717, 1.165) is 5.56 Å². The Morgan fingerprint density at radius 2 is 1.64 bits per heavy atom. The molecule has 0 aliphatic heterocycles. The van der Waals surface area contributed by atoms with Crippen LogP contribution in [0.1, 0.15) is 32.3 Å². The van der Waals surface area contributed by atoms with E-state index in [0.29, 0.717) is 36.8 Å². The largest absolute Gasteiger partial charge is 0.490 e. The second kappa shape index (κ2) is 11.0. The Bertz CT molecular complexity index is 773. The molecule has 0 aromatic heterocycles. The van der Waals surface area contributed by atoms with E-state index >= 15 is 0 Å². The van der Waals surface area contributed by atoms with Gasteiger partial charge in [0.25, 0.3) is 5.91 Å². The first-order chi connectivity index (χ1) is 13.5. The van der Waals surface area contributed by atoms with Crippen LogP contribution >= 0.6 is 0 Å². The van der Waals surface area contributed by atoms with Gasteiger partial charge in [0.15, 0.2) is 17.6 Å². The van der Waals surface area contributed by atoms with Crippen molar-refractivity contribution in [3.05, 3.63) is 54.1 Å². The van der Waals surface area contributed by atoms with Crippen LogP contribution in [0.4, 0.5) is 5.69 Å². The first kappa shape index (κ1) is 21.3. The van der Waals surface area contributed by atoms with E-state index < -0.39 is 12.1 Å². The SMILES string of the molecule is CCOc1ccccc1OCCCC(=O)O[C@H](C)C(=O)Nc1ccc(C)cc1. The zero-order valence-corrected chi connectivity index (χ0v) is 16.6. The summed E-state index contributed by atoms with van der Waals surface area (Å²) in [6.45, 7) is 6.33. The lowest BCUT2D eigenvalue weighted by Gasteiger charge is -2.14. The van der Waals surface area contributed by atoms with Crippen LogP contribution in [0.3, 0.4) is 0 Å². The lowest BCUT2D eigenvalue weighted by molar-refractivity contribution is -0.153. The summed E-state index contributed by atoms with van der Waals surface area (Å²) in [6.07, 6.45) is -0.224. The Hall–Kier alpha value is -3.02. The fraction of sp³-hybridized carbons (Fsp3) is 0.364.